The molecular formula is C17H34. The van der Waals surface area contributed by atoms with Crippen LogP contribution < -0.4 is 0 Å². The van der Waals surface area contributed by atoms with Crippen LogP contribution in [0.4, 0.5) is 0 Å². The second-order valence-electron chi connectivity index (χ2n) is 6.88. The minimum absolute atomic E-state index is 0.656. The smallest absolute Gasteiger partial charge is 0.0321 e. The van der Waals surface area contributed by atoms with Crippen molar-refractivity contribution in [3.63, 3.8) is 0 Å². The fraction of sp³-hybridized carbons (Fsp3) is 1.00. The molecule has 102 valence electrons. The Hall–Kier alpha value is 0. The van der Waals surface area contributed by atoms with Crippen LogP contribution in [0.3, 0.4) is 0 Å². The van der Waals surface area contributed by atoms with Crippen molar-refractivity contribution in [2.45, 2.75) is 91.9 Å². The first kappa shape index (κ1) is 15.1. The summed E-state index contributed by atoms with van der Waals surface area (Å²) in [5.41, 5.74) is 0.656. The summed E-state index contributed by atoms with van der Waals surface area (Å²) in [4.78, 5) is 0. The predicted octanol–water partition coefficient (Wildman–Crippen LogP) is 6.20. The molecule has 1 aliphatic carbocycles. The third-order valence-corrected chi connectivity index (χ3v) is 5.00. The van der Waals surface area contributed by atoms with Crippen LogP contribution in [0.25, 0.3) is 0 Å². The van der Waals surface area contributed by atoms with E-state index in [-0.39, 0.29) is 0 Å². The average Bonchev–Trinajstić information content (AvgIpc) is 2.29. The zero-order valence-corrected chi connectivity index (χ0v) is 12.7. The first-order valence-corrected chi connectivity index (χ1v) is 8.11. The second-order valence-corrected chi connectivity index (χ2v) is 6.88. The summed E-state index contributed by atoms with van der Waals surface area (Å²) in [7, 11) is 0. The van der Waals surface area contributed by atoms with Crippen LogP contribution in [0.2, 0.25) is 0 Å². The molecule has 0 aromatic rings. The van der Waals surface area contributed by atoms with Gasteiger partial charge in [0.15, 0.2) is 0 Å². The van der Waals surface area contributed by atoms with E-state index in [1.165, 1.54) is 64.2 Å². The topological polar surface area (TPSA) is 0 Å². The van der Waals surface area contributed by atoms with E-state index in [4.69, 9.17) is 0 Å². The fourth-order valence-electron chi connectivity index (χ4n) is 3.82. The Balaban J connectivity index is 2.02. The first-order valence-electron chi connectivity index (χ1n) is 8.11. The quantitative estimate of drug-likeness (QED) is 0.419. The molecular weight excluding hydrogens is 204 g/mol. The normalized spacial score (nSPS) is 26.8. The van der Waals surface area contributed by atoms with Gasteiger partial charge in [-0.2, -0.15) is 0 Å². The Bertz CT molecular complexity index is 192. The van der Waals surface area contributed by atoms with E-state index in [1.54, 1.807) is 0 Å². The molecule has 2 atom stereocenters. The number of hydrogen-bond acceptors (Lipinski definition) is 0. The molecule has 1 rings (SSSR count). The molecule has 0 radical (unpaired) electrons. The highest BCUT2D eigenvalue weighted by Crippen LogP contribution is 2.54. The SMILES string of the molecule is CCCCCCCCCC1C(CC)CC1(C)C. The van der Waals surface area contributed by atoms with Gasteiger partial charge in [-0.1, -0.05) is 79.1 Å². The van der Waals surface area contributed by atoms with Crippen molar-refractivity contribution in [2.75, 3.05) is 0 Å². The lowest BCUT2D eigenvalue weighted by Crippen LogP contribution is -2.43. The summed E-state index contributed by atoms with van der Waals surface area (Å²) >= 11 is 0. The summed E-state index contributed by atoms with van der Waals surface area (Å²) in [5.74, 6) is 2.08. The van der Waals surface area contributed by atoms with Crippen LogP contribution in [-0.4, -0.2) is 0 Å². The highest BCUT2D eigenvalue weighted by molar-refractivity contribution is 4.94. The molecule has 0 aromatic carbocycles. The monoisotopic (exact) mass is 238 g/mol. The maximum atomic E-state index is 2.48. The zero-order chi connectivity index (χ0) is 12.7. The van der Waals surface area contributed by atoms with E-state index in [0.717, 1.165) is 11.8 Å². The molecule has 0 heteroatoms. The van der Waals surface area contributed by atoms with Crippen molar-refractivity contribution in [3.05, 3.63) is 0 Å². The number of hydrogen-bond donors (Lipinski definition) is 0. The van der Waals surface area contributed by atoms with Gasteiger partial charge < -0.3 is 0 Å². The van der Waals surface area contributed by atoms with Crippen molar-refractivity contribution in [2.24, 2.45) is 17.3 Å². The molecule has 0 nitrogen and oxygen atoms in total. The van der Waals surface area contributed by atoms with Crippen LogP contribution in [0.15, 0.2) is 0 Å². The minimum atomic E-state index is 0.656. The van der Waals surface area contributed by atoms with Gasteiger partial charge >= 0.3 is 0 Å². The fourth-order valence-corrected chi connectivity index (χ4v) is 3.82. The lowest BCUT2D eigenvalue weighted by molar-refractivity contribution is -0.0209. The highest BCUT2D eigenvalue weighted by Gasteiger charge is 2.44. The van der Waals surface area contributed by atoms with E-state index in [9.17, 15) is 0 Å². The maximum Gasteiger partial charge on any atom is -0.0321 e. The third-order valence-electron chi connectivity index (χ3n) is 5.00. The highest BCUT2D eigenvalue weighted by atomic mass is 14.5. The van der Waals surface area contributed by atoms with E-state index >= 15 is 0 Å². The summed E-state index contributed by atoms with van der Waals surface area (Å²) in [6.45, 7) is 9.62. The van der Waals surface area contributed by atoms with Crippen LogP contribution in [0.5, 0.6) is 0 Å². The standard InChI is InChI=1S/C17H34/c1-5-7-8-9-10-11-12-13-16-15(6-2)14-17(16,3)4/h15-16H,5-14H2,1-4H3. The van der Waals surface area contributed by atoms with Gasteiger partial charge in [0.2, 0.25) is 0 Å². The van der Waals surface area contributed by atoms with Crippen LogP contribution in [-0.2, 0) is 0 Å². The van der Waals surface area contributed by atoms with E-state index in [1.807, 2.05) is 0 Å². The van der Waals surface area contributed by atoms with Crippen molar-refractivity contribution < 1.29 is 0 Å². The van der Waals surface area contributed by atoms with Crippen molar-refractivity contribution in [1.29, 1.82) is 0 Å². The molecule has 0 heterocycles. The molecule has 0 aromatic heterocycles. The van der Waals surface area contributed by atoms with Gasteiger partial charge in [-0.15, -0.1) is 0 Å². The van der Waals surface area contributed by atoms with E-state index < -0.39 is 0 Å². The largest absolute Gasteiger partial charge is 0.0654 e. The molecule has 0 saturated heterocycles. The van der Waals surface area contributed by atoms with Crippen molar-refractivity contribution in [3.8, 4) is 0 Å². The second kappa shape index (κ2) is 7.44. The molecule has 2 unspecified atom stereocenters. The zero-order valence-electron chi connectivity index (χ0n) is 12.7. The Morgan fingerprint density at radius 1 is 0.882 bits per heavy atom. The van der Waals surface area contributed by atoms with Crippen LogP contribution in [0.1, 0.15) is 91.9 Å². The molecule has 0 aliphatic heterocycles. The molecule has 17 heavy (non-hydrogen) atoms. The molecule has 0 N–H and O–H groups in total. The van der Waals surface area contributed by atoms with Gasteiger partial charge in [-0.05, 0) is 30.1 Å². The lowest BCUT2D eigenvalue weighted by atomic mass is 9.53. The van der Waals surface area contributed by atoms with Crippen molar-refractivity contribution >= 4 is 0 Å². The summed E-state index contributed by atoms with van der Waals surface area (Å²) in [6.07, 6.45) is 14.6. The van der Waals surface area contributed by atoms with Gasteiger partial charge in [-0.3, -0.25) is 0 Å². The van der Waals surface area contributed by atoms with Gasteiger partial charge in [0, 0.05) is 0 Å². The minimum Gasteiger partial charge on any atom is -0.0654 e. The first-order chi connectivity index (χ1) is 8.11. The van der Waals surface area contributed by atoms with E-state index in [0.29, 0.717) is 5.41 Å². The van der Waals surface area contributed by atoms with Crippen LogP contribution >= 0.6 is 0 Å². The molecule has 0 amide bonds. The molecule has 0 bridgehead atoms. The Labute approximate surface area is 110 Å². The summed E-state index contributed by atoms with van der Waals surface area (Å²) < 4.78 is 0. The number of rotatable bonds is 9. The average molecular weight is 238 g/mol. The van der Waals surface area contributed by atoms with Gasteiger partial charge in [-0.25, -0.2) is 0 Å². The Kier molecular flexibility index (Phi) is 6.59. The molecule has 0 spiro atoms. The lowest BCUT2D eigenvalue weighted by Gasteiger charge is -2.52. The van der Waals surface area contributed by atoms with E-state index in [2.05, 4.69) is 27.7 Å². The van der Waals surface area contributed by atoms with Gasteiger partial charge in [0.25, 0.3) is 0 Å². The van der Waals surface area contributed by atoms with Gasteiger partial charge in [0.05, 0.1) is 0 Å². The predicted molar refractivity (Wildman–Crippen MR) is 78.3 cm³/mol. The maximum absolute atomic E-state index is 2.48. The summed E-state index contributed by atoms with van der Waals surface area (Å²) in [5, 5.41) is 0. The summed E-state index contributed by atoms with van der Waals surface area (Å²) in [6, 6.07) is 0. The Morgan fingerprint density at radius 3 is 2.00 bits per heavy atom. The molecule has 1 fully saturated rings. The van der Waals surface area contributed by atoms with Gasteiger partial charge in [0.1, 0.15) is 0 Å². The van der Waals surface area contributed by atoms with Crippen LogP contribution in [0, 0.1) is 17.3 Å². The third kappa shape index (κ3) is 4.64. The Morgan fingerprint density at radius 2 is 1.47 bits per heavy atom. The number of unbranched alkanes of at least 4 members (excludes halogenated alkanes) is 6. The molecule has 1 saturated carbocycles. The van der Waals surface area contributed by atoms with Crippen molar-refractivity contribution in [1.82, 2.24) is 0 Å². The molecule has 1 aliphatic rings.